The van der Waals surface area contributed by atoms with E-state index in [4.69, 9.17) is 14.0 Å². The van der Waals surface area contributed by atoms with Crippen LogP contribution in [0.25, 0.3) is 11.1 Å². The van der Waals surface area contributed by atoms with Crippen molar-refractivity contribution in [3.05, 3.63) is 86.0 Å². The Morgan fingerprint density at radius 2 is 1.45 bits per heavy atom. The Hall–Kier alpha value is -2.40. The molecule has 0 bridgehead atoms. The predicted octanol–water partition coefficient (Wildman–Crippen LogP) is 6.27. The topological polar surface area (TPSA) is 51.2 Å². The van der Waals surface area contributed by atoms with Gasteiger partial charge in [0.25, 0.3) is 0 Å². The summed E-state index contributed by atoms with van der Waals surface area (Å²) in [7, 11) is -0.381. The molecule has 0 N–H and O–H groups in total. The molecule has 8 heteroatoms. The van der Waals surface area contributed by atoms with Gasteiger partial charge >= 0.3 is 13.2 Å². The molecule has 2 aliphatic heterocycles. The number of hydrogen-bond acceptors (Lipinski definition) is 5. The minimum atomic E-state index is -0.381. The van der Waals surface area contributed by atoms with Gasteiger partial charge in [-0.2, -0.15) is 0 Å². The van der Waals surface area contributed by atoms with Crippen molar-refractivity contribution in [2.45, 2.75) is 65.2 Å². The van der Waals surface area contributed by atoms with Gasteiger partial charge in [0, 0.05) is 42.2 Å². The number of piperazine rings is 1. The fourth-order valence-electron chi connectivity index (χ4n) is 6.45. The summed E-state index contributed by atoms with van der Waals surface area (Å²) in [6.45, 7) is 16.8. The fraction of sp³-hybridized carbons (Fsp3) is 0.441. The summed E-state index contributed by atoms with van der Waals surface area (Å²) in [5.74, 6) is 0.0767. The van der Waals surface area contributed by atoms with Crippen LogP contribution >= 0.6 is 22.6 Å². The van der Waals surface area contributed by atoms with Crippen LogP contribution in [0.15, 0.2) is 54.6 Å². The maximum atomic E-state index is 13.1. The number of benzene rings is 3. The molecule has 2 fully saturated rings. The zero-order valence-electron chi connectivity index (χ0n) is 25.5. The number of ether oxygens (including phenoxy) is 1. The van der Waals surface area contributed by atoms with E-state index < -0.39 is 0 Å². The summed E-state index contributed by atoms with van der Waals surface area (Å²) < 4.78 is 20.1. The van der Waals surface area contributed by atoms with E-state index in [0.717, 1.165) is 25.1 Å². The van der Waals surface area contributed by atoms with Gasteiger partial charge in [-0.05, 0) is 115 Å². The van der Waals surface area contributed by atoms with Crippen LogP contribution in [0.2, 0.25) is 0 Å². The zero-order chi connectivity index (χ0) is 29.8. The molecule has 42 heavy (non-hydrogen) atoms. The molecule has 1 aliphatic carbocycles. The van der Waals surface area contributed by atoms with Gasteiger partial charge in [0.2, 0.25) is 0 Å². The SMILES string of the molecule is Cc1c(I)cc(CN2CCN(C(=O)OCC3c4ccccc4-c4ccccc43)CC2)c(C)c1B1OC(C)(C)C(C)(C)O1. The summed E-state index contributed by atoms with van der Waals surface area (Å²) in [6.07, 6.45) is -0.222. The molecule has 0 unspecified atom stereocenters. The molecule has 1 amide bonds. The minimum absolute atomic E-state index is 0.0767. The molecule has 0 radical (unpaired) electrons. The monoisotopic (exact) mass is 678 g/mol. The zero-order valence-corrected chi connectivity index (χ0v) is 27.7. The molecule has 0 spiro atoms. The number of carbonyl (C=O) groups excluding carboxylic acids is 1. The number of rotatable bonds is 5. The van der Waals surface area contributed by atoms with Crippen molar-refractivity contribution >= 4 is 41.3 Å². The van der Waals surface area contributed by atoms with Crippen LogP contribution < -0.4 is 5.46 Å². The molecule has 2 saturated heterocycles. The molecule has 3 aliphatic rings. The molecule has 6 nitrogen and oxygen atoms in total. The van der Waals surface area contributed by atoms with Crippen LogP contribution in [0, 0.1) is 17.4 Å². The first kappa shape index (κ1) is 29.7. The third-order valence-electron chi connectivity index (χ3n) is 9.80. The van der Waals surface area contributed by atoms with Crippen molar-refractivity contribution in [1.29, 1.82) is 0 Å². The molecular formula is C34H40BIN2O4. The van der Waals surface area contributed by atoms with Crippen molar-refractivity contribution < 1.29 is 18.8 Å². The Kier molecular flexibility index (Phi) is 7.96. The highest BCUT2D eigenvalue weighted by molar-refractivity contribution is 14.1. The molecule has 220 valence electrons. The van der Waals surface area contributed by atoms with Crippen molar-refractivity contribution in [1.82, 2.24) is 9.80 Å². The summed E-state index contributed by atoms with van der Waals surface area (Å²) in [4.78, 5) is 17.4. The summed E-state index contributed by atoms with van der Waals surface area (Å²) >= 11 is 2.43. The van der Waals surface area contributed by atoms with E-state index in [0.29, 0.717) is 19.7 Å². The second-order valence-corrected chi connectivity index (χ2v) is 14.0. The van der Waals surface area contributed by atoms with Gasteiger partial charge in [-0.3, -0.25) is 4.90 Å². The molecule has 0 atom stereocenters. The van der Waals surface area contributed by atoms with Crippen LogP contribution in [0.1, 0.15) is 61.4 Å². The van der Waals surface area contributed by atoms with Crippen molar-refractivity contribution in [3.63, 3.8) is 0 Å². The second kappa shape index (κ2) is 11.3. The first-order valence-corrected chi connectivity index (χ1v) is 16.0. The van der Waals surface area contributed by atoms with Crippen molar-refractivity contribution in [2.75, 3.05) is 32.8 Å². The summed E-state index contributed by atoms with van der Waals surface area (Å²) in [5, 5.41) is 0. The largest absolute Gasteiger partial charge is 0.495 e. The van der Waals surface area contributed by atoms with E-state index in [9.17, 15) is 4.79 Å². The van der Waals surface area contributed by atoms with Gasteiger partial charge in [-0.25, -0.2) is 4.79 Å². The minimum Gasteiger partial charge on any atom is -0.448 e. The van der Waals surface area contributed by atoms with E-state index in [1.165, 1.54) is 42.5 Å². The summed E-state index contributed by atoms with van der Waals surface area (Å²) in [5.41, 5.74) is 9.06. The van der Waals surface area contributed by atoms with Gasteiger partial charge in [0.1, 0.15) is 6.61 Å². The van der Waals surface area contributed by atoms with E-state index in [2.05, 4.69) is 124 Å². The lowest BCUT2D eigenvalue weighted by Crippen LogP contribution is -2.49. The predicted molar refractivity (Wildman–Crippen MR) is 176 cm³/mol. The molecular weight excluding hydrogens is 638 g/mol. The van der Waals surface area contributed by atoms with E-state index >= 15 is 0 Å². The van der Waals surface area contributed by atoms with Gasteiger partial charge in [-0.1, -0.05) is 48.5 Å². The van der Waals surface area contributed by atoms with Gasteiger partial charge in [-0.15, -0.1) is 0 Å². The smallest absolute Gasteiger partial charge is 0.448 e. The average molecular weight is 678 g/mol. The fourth-order valence-corrected chi connectivity index (χ4v) is 7.11. The summed E-state index contributed by atoms with van der Waals surface area (Å²) in [6, 6.07) is 19.2. The molecule has 2 heterocycles. The lowest BCUT2D eigenvalue weighted by atomic mass is 9.72. The highest BCUT2D eigenvalue weighted by atomic mass is 127. The normalized spacial score (nSPS) is 19.6. The highest BCUT2D eigenvalue weighted by Crippen LogP contribution is 2.44. The number of halogens is 1. The Morgan fingerprint density at radius 3 is 2.02 bits per heavy atom. The Labute approximate surface area is 264 Å². The van der Waals surface area contributed by atoms with Crippen molar-refractivity contribution in [3.8, 4) is 11.1 Å². The number of hydrogen-bond donors (Lipinski definition) is 0. The lowest BCUT2D eigenvalue weighted by Gasteiger charge is -2.35. The first-order chi connectivity index (χ1) is 20.0. The Balaban J connectivity index is 1.08. The van der Waals surface area contributed by atoms with Crippen LogP contribution in [-0.2, 0) is 20.6 Å². The van der Waals surface area contributed by atoms with Crippen molar-refractivity contribution in [2.24, 2.45) is 0 Å². The molecule has 0 aromatic heterocycles. The Bertz CT molecular complexity index is 1450. The second-order valence-electron chi connectivity index (χ2n) is 12.8. The first-order valence-electron chi connectivity index (χ1n) is 14.9. The van der Waals surface area contributed by atoms with E-state index in [1.807, 2.05) is 4.90 Å². The van der Waals surface area contributed by atoms with Crippen LogP contribution in [0.3, 0.4) is 0 Å². The van der Waals surface area contributed by atoms with E-state index in [1.54, 1.807) is 0 Å². The molecule has 0 saturated carbocycles. The number of fused-ring (bicyclic) bond motifs is 3. The van der Waals surface area contributed by atoms with Gasteiger partial charge in [0.05, 0.1) is 11.2 Å². The molecule has 3 aromatic rings. The van der Waals surface area contributed by atoms with Gasteiger partial charge in [0.15, 0.2) is 0 Å². The number of amides is 1. The quantitative estimate of drug-likeness (QED) is 0.235. The maximum absolute atomic E-state index is 13.1. The van der Waals surface area contributed by atoms with E-state index in [-0.39, 0.29) is 30.3 Å². The number of nitrogens with zero attached hydrogens (tertiary/aromatic N) is 2. The maximum Gasteiger partial charge on any atom is 0.495 e. The lowest BCUT2D eigenvalue weighted by molar-refractivity contribution is 0.00578. The van der Waals surface area contributed by atoms with Crippen LogP contribution in [0.5, 0.6) is 0 Å². The van der Waals surface area contributed by atoms with Gasteiger partial charge < -0.3 is 18.9 Å². The molecule has 3 aromatic carbocycles. The molecule has 6 rings (SSSR count). The highest BCUT2D eigenvalue weighted by Gasteiger charge is 2.52. The van der Waals surface area contributed by atoms with Crippen LogP contribution in [0.4, 0.5) is 4.79 Å². The average Bonchev–Trinajstić information content (AvgIpc) is 3.39. The third kappa shape index (κ3) is 5.29. The standard InChI is InChI=1S/C34H40BIN2O4/c1-22-24(19-30(36)23(2)31(22)35-41-33(3,4)34(5,6)42-35)20-37-15-17-38(18-16-37)32(39)40-21-29-27-13-9-7-11-25(27)26-12-8-10-14-28(26)29/h7-14,19,29H,15-18,20-21H2,1-6H3. The Morgan fingerprint density at radius 1 is 0.905 bits per heavy atom. The number of carbonyl (C=O) groups is 1. The third-order valence-corrected chi connectivity index (χ3v) is 10.9. The van der Waals surface area contributed by atoms with Crippen LogP contribution in [-0.4, -0.2) is 67.0 Å².